The van der Waals surface area contributed by atoms with Gasteiger partial charge in [0, 0.05) is 31.7 Å². The molecule has 2 amide bonds. The number of carbonyl (C=O) groups excluding carboxylic acids is 1. The molecule has 1 aliphatic heterocycles. The van der Waals surface area contributed by atoms with Crippen LogP contribution in [0.2, 0.25) is 0 Å². The molecular formula is C25H34FN3O. The Morgan fingerprint density at radius 1 is 1.20 bits per heavy atom. The first-order valence-corrected chi connectivity index (χ1v) is 11.1. The predicted octanol–water partition coefficient (Wildman–Crippen LogP) is 5.82. The van der Waals surface area contributed by atoms with Crippen molar-refractivity contribution in [2.45, 2.75) is 65.1 Å². The standard InChI is InChI=1S/C25H34FN3O/c1-4-8-20(3)28-15-13-22(14-16-28)29(18-21-9-6-5-7-10-21)25(30)27-24-17-19(2)11-12-23(24)26/h5-7,9-12,17,20,22H,4,8,13-16,18H2,1-3H3,(H,27,30). The summed E-state index contributed by atoms with van der Waals surface area (Å²) in [6, 6.07) is 15.3. The molecule has 1 fully saturated rings. The fraction of sp³-hybridized carbons (Fsp3) is 0.480. The normalized spacial score (nSPS) is 16.3. The minimum Gasteiger partial charge on any atom is -0.317 e. The summed E-state index contributed by atoms with van der Waals surface area (Å²) in [4.78, 5) is 17.6. The number of benzene rings is 2. The average Bonchev–Trinajstić information content (AvgIpc) is 2.75. The van der Waals surface area contributed by atoms with Crippen LogP contribution >= 0.6 is 0 Å². The van der Waals surface area contributed by atoms with Crippen LogP contribution in [0.15, 0.2) is 48.5 Å². The number of urea groups is 1. The van der Waals surface area contributed by atoms with Gasteiger partial charge in [-0.2, -0.15) is 0 Å². The van der Waals surface area contributed by atoms with Crippen LogP contribution in [0.3, 0.4) is 0 Å². The molecule has 0 saturated carbocycles. The maximum atomic E-state index is 14.2. The maximum Gasteiger partial charge on any atom is 0.322 e. The van der Waals surface area contributed by atoms with Gasteiger partial charge < -0.3 is 15.1 Å². The van der Waals surface area contributed by atoms with Gasteiger partial charge in [-0.1, -0.05) is 49.7 Å². The van der Waals surface area contributed by atoms with Crippen molar-refractivity contribution in [1.82, 2.24) is 9.80 Å². The highest BCUT2D eigenvalue weighted by atomic mass is 19.1. The van der Waals surface area contributed by atoms with E-state index >= 15 is 0 Å². The van der Waals surface area contributed by atoms with Crippen molar-refractivity contribution in [2.75, 3.05) is 18.4 Å². The van der Waals surface area contributed by atoms with Crippen molar-refractivity contribution in [1.29, 1.82) is 0 Å². The first-order valence-electron chi connectivity index (χ1n) is 11.1. The zero-order chi connectivity index (χ0) is 21.5. The lowest BCUT2D eigenvalue weighted by Gasteiger charge is -2.40. The van der Waals surface area contributed by atoms with Crippen LogP contribution in [0.1, 0.15) is 50.7 Å². The van der Waals surface area contributed by atoms with Crippen LogP contribution in [-0.4, -0.2) is 41.0 Å². The zero-order valence-corrected chi connectivity index (χ0v) is 18.4. The number of likely N-dealkylation sites (tertiary alicyclic amines) is 1. The molecule has 162 valence electrons. The summed E-state index contributed by atoms with van der Waals surface area (Å²) in [5.41, 5.74) is 2.24. The first-order chi connectivity index (χ1) is 14.5. The Morgan fingerprint density at radius 2 is 1.90 bits per heavy atom. The summed E-state index contributed by atoms with van der Waals surface area (Å²) < 4.78 is 14.2. The van der Waals surface area contributed by atoms with E-state index in [0.29, 0.717) is 12.6 Å². The molecule has 1 saturated heterocycles. The zero-order valence-electron chi connectivity index (χ0n) is 18.4. The molecule has 2 aromatic carbocycles. The fourth-order valence-electron chi connectivity index (χ4n) is 4.31. The Bertz CT molecular complexity index is 818. The molecule has 1 N–H and O–H groups in total. The SMILES string of the molecule is CCCC(C)N1CCC(N(Cc2ccccc2)C(=O)Nc2cc(C)ccc2F)CC1. The third kappa shape index (κ3) is 5.82. The minimum atomic E-state index is -0.406. The summed E-state index contributed by atoms with van der Waals surface area (Å²) in [6.45, 7) is 8.91. The first kappa shape index (κ1) is 22.3. The Labute approximate surface area is 180 Å². The molecule has 0 aliphatic carbocycles. The summed E-state index contributed by atoms with van der Waals surface area (Å²) in [7, 11) is 0. The van der Waals surface area contributed by atoms with Gasteiger partial charge in [0.25, 0.3) is 0 Å². The monoisotopic (exact) mass is 411 g/mol. The van der Waals surface area contributed by atoms with E-state index in [9.17, 15) is 9.18 Å². The number of piperidine rings is 1. The van der Waals surface area contributed by atoms with Gasteiger partial charge in [-0.3, -0.25) is 0 Å². The van der Waals surface area contributed by atoms with E-state index in [1.807, 2.05) is 42.2 Å². The Kier molecular flexibility index (Phi) is 7.86. The number of nitrogens with zero attached hydrogens (tertiary/aromatic N) is 2. The second-order valence-electron chi connectivity index (χ2n) is 8.43. The van der Waals surface area contributed by atoms with Gasteiger partial charge in [0.2, 0.25) is 0 Å². The van der Waals surface area contributed by atoms with Crippen molar-refractivity contribution >= 4 is 11.7 Å². The predicted molar refractivity (Wildman–Crippen MR) is 121 cm³/mol. The molecule has 0 aromatic heterocycles. The number of nitrogens with one attached hydrogen (secondary N) is 1. The Balaban J connectivity index is 1.74. The van der Waals surface area contributed by atoms with Crippen LogP contribution in [0, 0.1) is 12.7 Å². The molecule has 1 atom stereocenters. The number of anilines is 1. The molecule has 30 heavy (non-hydrogen) atoms. The number of hydrogen-bond acceptors (Lipinski definition) is 2. The van der Waals surface area contributed by atoms with Crippen molar-refractivity contribution < 1.29 is 9.18 Å². The lowest BCUT2D eigenvalue weighted by molar-refractivity contribution is 0.0989. The largest absolute Gasteiger partial charge is 0.322 e. The second-order valence-corrected chi connectivity index (χ2v) is 8.43. The van der Waals surface area contributed by atoms with Crippen molar-refractivity contribution in [2.24, 2.45) is 0 Å². The van der Waals surface area contributed by atoms with Crippen molar-refractivity contribution in [3.05, 3.63) is 65.5 Å². The van der Waals surface area contributed by atoms with Crippen LogP contribution in [0.4, 0.5) is 14.9 Å². The molecule has 4 nitrogen and oxygen atoms in total. The molecule has 0 radical (unpaired) electrons. The molecule has 5 heteroatoms. The third-order valence-electron chi connectivity index (χ3n) is 6.09. The van der Waals surface area contributed by atoms with E-state index < -0.39 is 5.82 Å². The number of rotatable bonds is 7. The average molecular weight is 412 g/mol. The van der Waals surface area contributed by atoms with Gasteiger partial charge in [-0.25, -0.2) is 9.18 Å². The van der Waals surface area contributed by atoms with Crippen molar-refractivity contribution in [3.63, 3.8) is 0 Å². The number of amides is 2. The number of carbonyl (C=O) groups is 1. The van der Waals surface area contributed by atoms with Gasteiger partial charge in [0.05, 0.1) is 5.69 Å². The van der Waals surface area contributed by atoms with E-state index in [-0.39, 0.29) is 17.8 Å². The van der Waals surface area contributed by atoms with Gasteiger partial charge >= 0.3 is 6.03 Å². The molecule has 3 rings (SSSR count). The number of hydrogen-bond donors (Lipinski definition) is 1. The summed E-state index contributed by atoms with van der Waals surface area (Å²) >= 11 is 0. The fourth-order valence-corrected chi connectivity index (χ4v) is 4.31. The Hall–Kier alpha value is -2.40. The summed E-state index contributed by atoms with van der Waals surface area (Å²) in [6.07, 6.45) is 4.26. The second kappa shape index (κ2) is 10.6. The highest BCUT2D eigenvalue weighted by Gasteiger charge is 2.30. The van der Waals surface area contributed by atoms with E-state index in [1.54, 1.807) is 12.1 Å². The molecule has 2 aromatic rings. The van der Waals surface area contributed by atoms with E-state index in [0.717, 1.165) is 37.1 Å². The summed E-state index contributed by atoms with van der Waals surface area (Å²) in [5, 5.41) is 2.82. The molecule has 1 aliphatic rings. The van der Waals surface area contributed by atoms with Gasteiger partial charge in [-0.05, 0) is 56.4 Å². The topological polar surface area (TPSA) is 35.6 Å². The lowest BCUT2D eigenvalue weighted by atomic mass is 10.00. The molecule has 0 spiro atoms. The number of aryl methyl sites for hydroxylation is 1. The highest BCUT2D eigenvalue weighted by Crippen LogP contribution is 2.24. The van der Waals surface area contributed by atoms with E-state index in [1.165, 1.54) is 18.9 Å². The van der Waals surface area contributed by atoms with Gasteiger partial charge in [0.15, 0.2) is 0 Å². The highest BCUT2D eigenvalue weighted by molar-refractivity contribution is 5.89. The minimum absolute atomic E-state index is 0.142. The quantitative estimate of drug-likeness (QED) is 0.623. The maximum absolute atomic E-state index is 14.2. The van der Waals surface area contributed by atoms with Gasteiger partial charge in [-0.15, -0.1) is 0 Å². The molecule has 0 bridgehead atoms. The summed E-state index contributed by atoms with van der Waals surface area (Å²) in [5.74, 6) is -0.406. The number of halogens is 1. The van der Waals surface area contributed by atoms with Crippen molar-refractivity contribution in [3.8, 4) is 0 Å². The molecule has 1 unspecified atom stereocenters. The smallest absolute Gasteiger partial charge is 0.317 e. The third-order valence-corrected chi connectivity index (χ3v) is 6.09. The Morgan fingerprint density at radius 3 is 2.57 bits per heavy atom. The lowest BCUT2D eigenvalue weighted by Crippen LogP contribution is -2.50. The van der Waals surface area contributed by atoms with E-state index in [4.69, 9.17) is 0 Å². The molecular weight excluding hydrogens is 377 g/mol. The van der Waals surface area contributed by atoms with E-state index in [2.05, 4.69) is 24.1 Å². The van der Waals surface area contributed by atoms with Crippen LogP contribution < -0.4 is 5.32 Å². The van der Waals surface area contributed by atoms with Crippen LogP contribution in [-0.2, 0) is 6.54 Å². The van der Waals surface area contributed by atoms with Gasteiger partial charge in [0.1, 0.15) is 5.82 Å². The molecule has 1 heterocycles. The van der Waals surface area contributed by atoms with Crippen LogP contribution in [0.25, 0.3) is 0 Å². The van der Waals surface area contributed by atoms with Crippen LogP contribution in [0.5, 0.6) is 0 Å².